The zero-order valence-corrected chi connectivity index (χ0v) is 21.9. The van der Waals surface area contributed by atoms with Gasteiger partial charge < -0.3 is 19.9 Å². The first kappa shape index (κ1) is 26.0. The number of ether oxygens (including phenoxy) is 1. The molecule has 5 rings (SSSR count). The Hall–Kier alpha value is -3.64. The Kier molecular flexibility index (Phi) is 8.71. The average Bonchev–Trinajstić information content (AvgIpc) is 3.49. The van der Waals surface area contributed by atoms with Crippen LogP contribution in [0.5, 0.6) is 11.5 Å². The summed E-state index contributed by atoms with van der Waals surface area (Å²) >= 11 is 0. The van der Waals surface area contributed by atoms with Crippen molar-refractivity contribution in [2.24, 2.45) is 0 Å². The Bertz CT molecular complexity index is 1170. The van der Waals surface area contributed by atoms with Gasteiger partial charge >= 0.3 is 0 Å². The maximum atomic E-state index is 13.4. The second kappa shape index (κ2) is 12.7. The molecule has 0 bridgehead atoms. The molecule has 1 aliphatic carbocycles. The minimum absolute atomic E-state index is 0.00655. The summed E-state index contributed by atoms with van der Waals surface area (Å²) in [7, 11) is 0. The number of carbonyl (C=O) groups is 2. The second-order valence-corrected chi connectivity index (χ2v) is 10.4. The van der Waals surface area contributed by atoms with Gasteiger partial charge in [-0.25, -0.2) is 0 Å². The van der Waals surface area contributed by atoms with E-state index in [0.29, 0.717) is 11.4 Å². The minimum Gasteiger partial charge on any atom is -0.457 e. The van der Waals surface area contributed by atoms with Gasteiger partial charge in [-0.1, -0.05) is 61.4 Å². The molecule has 0 spiro atoms. The van der Waals surface area contributed by atoms with Crippen LogP contribution in [0.15, 0.2) is 84.9 Å². The smallest absolute Gasteiger partial charge is 0.240 e. The molecular formula is C32H37N3O3. The van der Waals surface area contributed by atoms with Crippen LogP contribution in [0.2, 0.25) is 0 Å². The third-order valence-corrected chi connectivity index (χ3v) is 7.66. The van der Waals surface area contributed by atoms with Gasteiger partial charge in [0.25, 0.3) is 0 Å². The molecule has 0 radical (unpaired) electrons. The quantitative estimate of drug-likeness (QED) is 0.408. The largest absolute Gasteiger partial charge is 0.457 e. The molecule has 2 aliphatic rings. The van der Waals surface area contributed by atoms with Crippen LogP contribution in [-0.2, 0) is 16.0 Å². The molecule has 1 aliphatic heterocycles. The average molecular weight is 512 g/mol. The Morgan fingerprint density at radius 2 is 1.39 bits per heavy atom. The van der Waals surface area contributed by atoms with Crippen molar-refractivity contribution in [2.75, 3.05) is 24.5 Å². The fourth-order valence-electron chi connectivity index (χ4n) is 5.60. The number of rotatable bonds is 9. The van der Waals surface area contributed by atoms with E-state index in [0.717, 1.165) is 43.3 Å². The maximum absolute atomic E-state index is 13.4. The van der Waals surface area contributed by atoms with Crippen LogP contribution in [0.25, 0.3) is 0 Å². The van der Waals surface area contributed by atoms with Crippen molar-refractivity contribution in [3.05, 3.63) is 90.5 Å². The molecule has 3 aromatic carbocycles. The highest BCUT2D eigenvalue weighted by Gasteiger charge is 2.28. The molecule has 3 aromatic rings. The lowest BCUT2D eigenvalue weighted by Crippen LogP contribution is -2.50. The molecule has 0 atom stereocenters. The summed E-state index contributed by atoms with van der Waals surface area (Å²) < 4.78 is 5.91. The first-order chi connectivity index (χ1) is 18.6. The third kappa shape index (κ3) is 7.01. The summed E-state index contributed by atoms with van der Waals surface area (Å²) in [5, 5.41) is 3.21. The van der Waals surface area contributed by atoms with Crippen molar-refractivity contribution in [1.82, 2.24) is 10.2 Å². The Balaban J connectivity index is 1.23. The van der Waals surface area contributed by atoms with Gasteiger partial charge in [0.15, 0.2) is 0 Å². The molecular weight excluding hydrogens is 474 g/mol. The number of likely N-dealkylation sites (tertiary alicyclic amines) is 1. The van der Waals surface area contributed by atoms with Crippen molar-refractivity contribution in [3.63, 3.8) is 0 Å². The zero-order chi connectivity index (χ0) is 26.2. The summed E-state index contributed by atoms with van der Waals surface area (Å²) in [4.78, 5) is 30.8. The van der Waals surface area contributed by atoms with Crippen LogP contribution in [0, 0.1) is 0 Å². The normalized spacial score (nSPS) is 16.7. The first-order valence-electron chi connectivity index (χ1n) is 13.8. The summed E-state index contributed by atoms with van der Waals surface area (Å²) in [6, 6.07) is 27.5. The zero-order valence-electron chi connectivity index (χ0n) is 21.9. The number of anilines is 1. The fourth-order valence-corrected chi connectivity index (χ4v) is 5.60. The number of carbonyl (C=O) groups excluding carboxylic acids is 2. The van der Waals surface area contributed by atoms with Crippen LogP contribution in [0.3, 0.4) is 0 Å². The molecule has 0 unspecified atom stereocenters. The number of nitrogens with zero attached hydrogens (tertiary/aromatic N) is 2. The van der Waals surface area contributed by atoms with Crippen LogP contribution < -0.4 is 15.0 Å². The highest BCUT2D eigenvalue weighted by atomic mass is 16.5. The molecule has 198 valence electrons. The summed E-state index contributed by atoms with van der Waals surface area (Å²) in [5.74, 6) is 1.19. The first-order valence-corrected chi connectivity index (χ1v) is 13.8. The van der Waals surface area contributed by atoms with E-state index in [-0.39, 0.29) is 30.8 Å². The van der Waals surface area contributed by atoms with Gasteiger partial charge in [-0.2, -0.15) is 0 Å². The molecule has 6 heteroatoms. The van der Waals surface area contributed by atoms with Gasteiger partial charge in [0, 0.05) is 30.9 Å². The number of hydrogen-bond donors (Lipinski definition) is 1. The fraction of sp³-hybridized carbons (Fsp3) is 0.375. The summed E-state index contributed by atoms with van der Waals surface area (Å²) in [5.41, 5.74) is 1.60. The van der Waals surface area contributed by atoms with Crippen LogP contribution in [0.4, 0.5) is 5.69 Å². The lowest BCUT2D eigenvalue weighted by atomic mass is 10.0. The van der Waals surface area contributed by atoms with E-state index in [1.54, 1.807) is 4.90 Å². The second-order valence-electron chi connectivity index (χ2n) is 10.4. The molecule has 1 heterocycles. The van der Waals surface area contributed by atoms with E-state index in [4.69, 9.17) is 4.74 Å². The lowest BCUT2D eigenvalue weighted by molar-refractivity contribution is -0.124. The van der Waals surface area contributed by atoms with Crippen molar-refractivity contribution >= 4 is 17.5 Å². The minimum atomic E-state index is -0.115. The molecule has 1 saturated heterocycles. The van der Waals surface area contributed by atoms with E-state index >= 15 is 0 Å². The molecule has 2 amide bonds. The van der Waals surface area contributed by atoms with Crippen molar-refractivity contribution < 1.29 is 14.3 Å². The van der Waals surface area contributed by atoms with Crippen molar-refractivity contribution in [2.45, 2.75) is 57.0 Å². The third-order valence-electron chi connectivity index (χ3n) is 7.66. The molecule has 1 N–H and O–H groups in total. The van der Waals surface area contributed by atoms with Crippen molar-refractivity contribution in [3.8, 4) is 11.5 Å². The lowest BCUT2D eigenvalue weighted by Gasteiger charge is -2.36. The van der Waals surface area contributed by atoms with Crippen LogP contribution in [-0.4, -0.2) is 48.4 Å². The number of para-hydroxylation sites is 1. The predicted octanol–water partition coefficient (Wildman–Crippen LogP) is 5.58. The van der Waals surface area contributed by atoms with E-state index in [2.05, 4.69) is 10.2 Å². The predicted molar refractivity (Wildman–Crippen MR) is 150 cm³/mol. The van der Waals surface area contributed by atoms with E-state index < -0.39 is 0 Å². The number of nitrogens with one attached hydrogen (secondary N) is 1. The van der Waals surface area contributed by atoms with E-state index in [1.807, 2.05) is 84.9 Å². The van der Waals surface area contributed by atoms with Gasteiger partial charge in [0.2, 0.25) is 11.8 Å². The Morgan fingerprint density at radius 3 is 2.05 bits per heavy atom. The molecule has 1 saturated carbocycles. The van der Waals surface area contributed by atoms with Gasteiger partial charge in [0.05, 0.1) is 6.42 Å². The highest BCUT2D eigenvalue weighted by Crippen LogP contribution is 2.27. The maximum Gasteiger partial charge on any atom is 0.240 e. The summed E-state index contributed by atoms with van der Waals surface area (Å²) in [6.45, 7) is 2.07. The van der Waals surface area contributed by atoms with Crippen molar-refractivity contribution in [1.29, 1.82) is 0 Å². The van der Waals surface area contributed by atoms with Gasteiger partial charge in [-0.05, 0) is 67.6 Å². The van der Waals surface area contributed by atoms with E-state index in [1.165, 1.54) is 25.7 Å². The SMILES string of the molecule is O=C(CN(C(=O)Cc1ccccc1)c1ccc(Oc2ccccc2)cc1)NC1CCN(C2CCCC2)CC1. The molecule has 6 nitrogen and oxygen atoms in total. The van der Waals surface area contributed by atoms with Crippen LogP contribution in [0.1, 0.15) is 44.1 Å². The number of benzene rings is 3. The highest BCUT2D eigenvalue weighted by molar-refractivity contribution is 5.99. The number of piperidine rings is 1. The van der Waals surface area contributed by atoms with Gasteiger partial charge in [-0.15, -0.1) is 0 Å². The number of amides is 2. The molecule has 38 heavy (non-hydrogen) atoms. The molecule has 0 aromatic heterocycles. The molecule has 2 fully saturated rings. The number of hydrogen-bond acceptors (Lipinski definition) is 4. The van der Waals surface area contributed by atoms with Gasteiger partial charge in [0.1, 0.15) is 18.0 Å². The monoisotopic (exact) mass is 511 g/mol. The Morgan fingerprint density at radius 1 is 0.789 bits per heavy atom. The summed E-state index contributed by atoms with van der Waals surface area (Å²) in [6.07, 6.45) is 7.46. The standard InChI is InChI=1S/C32H37N3O3/c36-31(33-26-19-21-34(22-20-26)27-11-7-8-12-27)24-35(32(37)23-25-9-3-1-4-10-25)28-15-17-30(18-16-28)38-29-13-5-2-6-14-29/h1-6,9-10,13-18,26-27H,7-8,11-12,19-24H2,(H,33,36). The Labute approximate surface area is 225 Å². The van der Waals surface area contributed by atoms with Crippen LogP contribution >= 0.6 is 0 Å². The topological polar surface area (TPSA) is 61.9 Å². The van der Waals surface area contributed by atoms with E-state index in [9.17, 15) is 9.59 Å². The van der Waals surface area contributed by atoms with Gasteiger partial charge in [-0.3, -0.25) is 9.59 Å².